The minimum Gasteiger partial charge on any atom is -0.356 e. The van der Waals surface area contributed by atoms with Crippen molar-refractivity contribution < 1.29 is 4.79 Å². The maximum absolute atomic E-state index is 11.9. The maximum atomic E-state index is 11.9. The van der Waals surface area contributed by atoms with Crippen LogP contribution in [0.4, 0.5) is 0 Å². The lowest BCUT2D eigenvalue weighted by Gasteiger charge is -2.28. The van der Waals surface area contributed by atoms with Crippen molar-refractivity contribution >= 4 is 35.8 Å². The van der Waals surface area contributed by atoms with Crippen LogP contribution in [0.25, 0.3) is 0 Å². The molecule has 1 amide bonds. The van der Waals surface area contributed by atoms with Crippen LogP contribution in [0.3, 0.4) is 0 Å². The SMILES string of the molecule is CCC(CCNC(=NC)N(C)Cc1ccc(C)cc1)N1CCCC1=O.I. The topological polar surface area (TPSA) is 47.9 Å². The molecule has 1 heterocycles. The van der Waals surface area contributed by atoms with Gasteiger partial charge in [-0.05, 0) is 31.7 Å². The van der Waals surface area contributed by atoms with E-state index in [9.17, 15) is 4.79 Å². The van der Waals surface area contributed by atoms with E-state index in [1.807, 2.05) is 7.05 Å². The van der Waals surface area contributed by atoms with E-state index < -0.39 is 0 Å². The number of amides is 1. The third-order valence-corrected chi connectivity index (χ3v) is 4.90. The summed E-state index contributed by atoms with van der Waals surface area (Å²) in [5.74, 6) is 1.20. The number of halogens is 1. The molecule has 0 aliphatic carbocycles. The standard InChI is InChI=1S/C20H32N4O.HI/c1-5-18(24-14-6-7-19(24)25)12-13-22-20(21-3)23(4)15-17-10-8-16(2)9-11-17;/h8-11,18H,5-7,12-15H2,1-4H3,(H,21,22);1H. The first-order valence-corrected chi connectivity index (χ1v) is 9.32. The second kappa shape index (κ2) is 11.4. The summed E-state index contributed by atoms with van der Waals surface area (Å²) in [7, 11) is 3.87. The van der Waals surface area contributed by atoms with Crippen LogP contribution in [0.1, 0.15) is 43.7 Å². The number of aliphatic imine (C=N–C) groups is 1. The lowest BCUT2D eigenvalue weighted by molar-refractivity contribution is -0.129. The molecule has 1 N–H and O–H groups in total. The summed E-state index contributed by atoms with van der Waals surface area (Å²) < 4.78 is 0. The molecular weight excluding hydrogens is 439 g/mol. The number of likely N-dealkylation sites (tertiary alicyclic amines) is 1. The van der Waals surface area contributed by atoms with Gasteiger partial charge in [0.25, 0.3) is 0 Å². The highest BCUT2D eigenvalue weighted by Crippen LogP contribution is 2.17. The number of carbonyl (C=O) groups excluding carboxylic acids is 1. The van der Waals surface area contributed by atoms with Crippen LogP contribution in [-0.4, -0.2) is 54.9 Å². The summed E-state index contributed by atoms with van der Waals surface area (Å²) >= 11 is 0. The van der Waals surface area contributed by atoms with E-state index in [4.69, 9.17) is 0 Å². The monoisotopic (exact) mass is 472 g/mol. The van der Waals surface area contributed by atoms with Crippen LogP contribution in [0.5, 0.6) is 0 Å². The Balaban J connectivity index is 0.00000338. The number of aryl methyl sites for hydroxylation is 1. The summed E-state index contributed by atoms with van der Waals surface area (Å²) in [6.45, 7) is 6.83. The Labute approximate surface area is 175 Å². The molecule has 6 heteroatoms. The van der Waals surface area contributed by atoms with Gasteiger partial charge in [0.05, 0.1) is 0 Å². The molecule has 0 saturated carbocycles. The van der Waals surface area contributed by atoms with E-state index in [2.05, 4.69) is 65.3 Å². The number of guanidine groups is 1. The first-order valence-electron chi connectivity index (χ1n) is 9.32. The highest BCUT2D eigenvalue weighted by atomic mass is 127. The summed E-state index contributed by atoms with van der Waals surface area (Å²) in [6, 6.07) is 8.93. The Morgan fingerprint density at radius 1 is 1.35 bits per heavy atom. The number of hydrogen-bond donors (Lipinski definition) is 1. The van der Waals surface area contributed by atoms with Gasteiger partial charge in [-0.1, -0.05) is 36.8 Å². The molecule has 2 rings (SSSR count). The van der Waals surface area contributed by atoms with Crippen molar-refractivity contribution in [2.75, 3.05) is 27.2 Å². The molecular formula is C20H33IN4O. The first kappa shape index (κ1) is 22.7. The van der Waals surface area contributed by atoms with Crippen LogP contribution in [0, 0.1) is 6.92 Å². The number of benzene rings is 1. The number of rotatable bonds is 7. The number of carbonyl (C=O) groups is 1. The van der Waals surface area contributed by atoms with E-state index in [-0.39, 0.29) is 24.0 Å². The minimum atomic E-state index is 0. The van der Waals surface area contributed by atoms with Crippen LogP contribution < -0.4 is 5.32 Å². The number of hydrogen-bond acceptors (Lipinski definition) is 2. The van der Waals surface area contributed by atoms with Crippen molar-refractivity contribution in [2.24, 2.45) is 4.99 Å². The molecule has 26 heavy (non-hydrogen) atoms. The molecule has 1 aromatic carbocycles. The van der Waals surface area contributed by atoms with Gasteiger partial charge in [0.1, 0.15) is 0 Å². The quantitative estimate of drug-likeness (QED) is 0.376. The van der Waals surface area contributed by atoms with Gasteiger partial charge >= 0.3 is 0 Å². The zero-order valence-corrected chi connectivity index (χ0v) is 18.8. The van der Waals surface area contributed by atoms with E-state index in [0.717, 1.165) is 44.9 Å². The Morgan fingerprint density at radius 2 is 2.04 bits per heavy atom. The van der Waals surface area contributed by atoms with Gasteiger partial charge in [0, 0.05) is 46.2 Å². The van der Waals surface area contributed by atoms with Crippen LogP contribution in [0.15, 0.2) is 29.3 Å². The van der Waals surface area contributed by atoms with Crippen molar-refractivity contribution in [3.8, 4) is 0 Å². The highest BCUT2D eigenvalue weighted by Gasteiger charge is 2.26. The summed E-state index contributed by atoms with van der Waals surface area (Å²) in [4.78, 5) is 20.5. The third-order valence-electron chi connectivity index (χ3n) is 4.90. The fourth-order valence-corrected chi connectivity index (χ4v) is 3.41. The molecule has 1 atom stereocenters. The molecule has 5 nitrogen and oxygen atoms in total. The van der Waals surface area contributed by atoms with Crippen molar-refractivity contribution in [3.05, 3.63) is 35.4 Å². The molecule has 1 fully saturated rings. The molecule has 146 valence electrons. The first-order chi connectivity index (χ1) is 12.0. The maximum Gasteiger partial charge on any atom is 0.222 e. The fraction of sp³-hybridized carbons (Fsp3) is 0.600. The van der Waals surface area contributed by atoms with Crippen molar-refractivity contribution in [2.45, 2.75) is 52.1 Å². The summed E-state index contributed by atoms with van der Waals surface area (Å²) in [5.41, 5.74) is 2.54. The second-order valence-corrected chi connectivity index (χ2v) is 6.86. The molecule has 1 aromatic rings. The fourth-order valence-electron chi connectivity index (χ4n) is 3.41. The van der Waals surface area contributed by atoms with E-state index in [1.54, 1.807) is 0 Å². The van der Waals surface area contributed by atoms with Gasteiger partial charge in [-0.3, -0.25) is 9.79 Å². The molecule has 1 saturated heterocycles. The highest BCUT2D eigenvalue weighted by molar-refractivity contribution is 14.0. The van der Waals surface area contributed by atoms with Crippen molar-refractivity contribution in [3.63, 3.8) is 0 Å². The van der Waals surface area contributed by atoms with Gasteiger partial charge in [-0.25, -0.2) is 0 Å². The lowest BCUT2D eigenvalue weighted by Crippen LogP contribution is -2.42. The van der Waals surface area contributed by atoms with E-state index >= 15 is 0 Å². The van der Waals surface area contributed by atoms with Crippen LogP contribution >= 0.6 is 24.0 Å². The zero-order valence-electron chi connectivity index (χ0n) is 16.5. The van der Waals surface area contributed by atoms with Crippen LogP contribution in [0.2, 0.25) is 0 Å². The van der Waals surface area contributed by atoms with Crippen molar-refractivity contribution in [1.82, 2.24) is 15.1 Å². The van der Waals surface area contributed by atoms with Crippen LogP contribution in [-0.2, 0) is 11.3 Å². The van der Waals surface area contributed by atoms with E-state index in [1.165, 1.54) is 11.1 Å². The Bertz CT molecular complexity index is 588. The normalized spacial score (nSPS) is 15.6. The van der Waals surface area contributed by atoms with E-state index in [0.29, 0.717) is 18.4 Å². The molecule has 0 spiro atoms. The zero-order chi connectivity index (χ0) is 18.2. The predicted molar refractivity (Wildman–Crippen MR) is 119 cm³/mol. The predicted octanol–water partition coefficient (Wildman–Crippen LogP) is 3.41. The average molecular weight is 472 g/mol. The second-order valence-electron chi connectivity index (χ2n) is 6.86. The Kier molecular flexibility index (Phi) is 9.98. The third kappa shape index (κ3) is 6.45. The largest absolute Gasteiger partial charge is 0.356 e. The smallest absolute Gasteiger partial charge is 0.222 e. The van der Waals surface area contributed by atoms with Gasteiger partial charge in [-0.2, -0.15) is 0 Å². The summed E-state index contributed by atoms with van der Waals surface area (Å²) in [5, 5.41) is 3.44. The average Bonchev–Trinajstić information content (AvgIpc) is 3.03. The van der Waals surface area contributed by atoms with Gasteiger partial charge in [0.2, 0.25) is 5.91 Å². The Hall–Kier alpha value is -1.31. The Morgan fingerprint density at radius 3 is 2.58 bits per heavy atom. The van der Waals surface area contributed by atoms with Gasteiger partial charge in [0.15, 0.2) is 5.96 Å². The molecule has 0 aromatic heterocycles. The molecule has 1 unspecified atom stereocenters. The van der Waals surface area contributed by atoms with Gasteiger partial charge in [-0.15, -0.1) is 24.0 Å². The number of nitrogens with one attached hydrogen (secondary N) is 1. The van der Waals surface area contributed by atoms with Crippen molar-refractivity contribution in [1.29, 1.82) is 0 Å². The van der Waals surface area contributed by atoms with Gasteiger partial charge < -0.3 is 15.1 Å². The molecule has 1 aliphatic heterocycles. The molecule has 0 radical (unpaired) electrons. The molecule has 0 bridgehead atoms. The lowest BCUT2D eigenvalue weighted by atomic mass is 10.1. The summed E-state index contributed by atoms with van der Waals surface area (Å²) in [6.07, 6.45) is 3.68. The molecule has 1 aliphatic rings. The number of nitrogens with zero attached hydrogens (tertiary/aromatic N) is 3. The minimum absolute atomic E-state index is 0.